The molecule has 0 fully saturated rings. The normalized spacial score (nSPS) is 11.4. The first-order valence-corrected chi connectivity index (χ1v) is 11.3. The fourth-order valence-electron chi connectivity index (χ4n) is 2.59. The van der Waals surface area contributed by atoms with Crippen molar-refractivity contribution in [3.05, 3.63) is 59.8 Å². The van der Waals surface area contributed by atoms with Gasteiger partial charge in [-0.15, -0.1) is 4.49 Å². The summed E-state index contributed by atoms with van der Waals surface area (Å²) in [5.41, 5.74) is 1.20. The molecule has 0 saturated carbocycles. The zero-order valence-electron chi connectivity index (χ0n) is 16.7. The second-order valence-electron chi connectivity index (χ2n) is 5.74. The molecule has 2 aromatic carbocycles. The summed E-state index contributed by atoms with van der Waals surface area (Å²) < 4.78 is 56.7. The molecule has 0 unspecified atom stereocenters. The van der Waals surface area contributed by atoms with Gasteiger partial charge in [0.1, 0.15) is 6.33 Å². The third-order valence-corrected chi connectivity index (χ3v) is 6.89. The van der Waals surface area contributed by atoms with Crippen molar-refractivity contribution in [2.45, 2.75) is 4.90 Å². The van der Waals surface area contributed by atoms with Crippen LogP contribution in [0, 0.1) is 5.82 Å². The largest absolute Gasteiger partial charge is 0.494 e. The predicted molar refractivity (Wildman–Crippen MR) is 114 cm³/mol. The number of imidazole rings is 1. The molecule has 1 aromatic heterocycles. The van der Waals surface area contributed by atoms with E-state index in [2.05, 4.69) is 4.98 Å². The minimum atomic E-state index is -5.00. The maximum Gasteiger partial charge on any atom is 0.414 e. The van der Waals surface area contributed by atoms with Gasteiger partial charge in [0.05, 0.1) is 17.7 Å². The molecule has 9 nitrogen and oxygen atoms in total. The Hall–Kier alpha value is 1.00. The van der Waals surface area contributed by atoms with E-state index in [4.69, 9.17) is 26.1 Å². The molecule has 3 rings (SSSR count). The van der Waals surface area contributed by atoms with Crippen molar-refractivity contribution >= 4 is 132 Å². The van der Waals surface area contributed by atoms with Crippen molar-refractivity contribution in [2.75, 3.05) is 7.11 Å². The molecule has 0 aliphatic carbocycles. The van der Waals surface area contributed by atoms with Gasteiger partial charge in [-0.1, -0.05) is 11.6 Å². The SMILES string of the molecule is COc1ccc(-c2c(Cl)ncn2-c2ccc(S(=O)(=O)NP(=O)(O)O)cc2)cc1F.[K].[K]. The molecule has 15 heteroatoms. The fraction of sp³-hybridized carbons (Fsp3) is 0.0625. The van der Waals surface area contributed by atoms with Crippen molar-refractivity contribution < 1.29 is 31.9 Å². The Morgan fingerprint density at radius 2 is 1.77 bits per heavy atom. The van der Waals surface area contributed by atoms with E-state index in [-0.39, 0.29) is 119 Å². The molecule has 31 heavy (non-hydrogen) atoms. The second-order valence-corrected chi connectivity index (χ2v) is 9.39. The molecule has 0 aliphatic rings. The number of hydrogen-bond donors (Lipinski definition) is 3. The number of rotatable bonds is 6. The van der Waals surface area contributed by atoms with Crippen LogP contribution in [0.15, 0.2) is 53.7 Å². The van der Waals surface area contributed by atoms with E-state index in [9.17, 15) is 17.4 Å². The number of nitrogens with one attached hydrogen (secondary N) is 1. The van der Waals surface area contributed by atoms with Gasteiger partial charge in [0.15, 0.2) is 16.7 Å². The van der Waals surface area contributed by atoms with Crippen molar-refractivity contribution in [3.8, 4) is 22.7 Å². The average Bonchev–Trinajstić information content (AvgIpc) is 3.01. The molecule has 0 atom stereocenters. The van der Waals surface area contributed by atoms with Gasteiger partial charge in [0, 0.05) is 114 Å². The van der Waals surface area contributed by atoms with Crippen LogP contribution in [0.2, 0.25) is 5.15 Å². The summed E-state index contributed by atoms with van der Waals surface area (Å²) in [6.45, 7) is 0. The maximum atomic E-state index is 14.1. The molecule has 0 saturated heterocycles. The van der Waals surface area contributed by atoms with Gasteiger partial charge >= 0.3 is 7.75 Å². The van der Waals surface area contributed by atoms with E-state index >= 15 is 0 Å². The van der Waals surface area contributed by atoms with Crippen LogP contribution in [0.5, 0.6) is 5.75 Å². The summed E-state index contributed by atoms with van der Waals surface area (Å²) in [5.74, 6) is -0.540. The Morgan fingerprint density at radius 3 is 2.29 bits per heavy atom. The van der Waals surface area contributed by atoms with E-state index in [0.29, 0.717) is 16.9 Å². The summed E-state index contributed by atoms with van der Waals surface area (Å²) in [5, 5.41) is 0.0921. The summed E-state index contributed by atoms with van der Waals surface area (Å²) >= 11 is 6.15. The van der Waals surface area contributed by atoms with E-state index in [1.807, 2.05) is 0 Å². The Kier molecular flexibility index (Phi) is 11.7. The van der Waals surface area contributed by atoms with Crippen molar-refractivity contribution in [2.24, 2.45) is 0 Å². The number of aromatic nitrogens is 2. The number of nitrogens with zero attached hydrogens (tertiary/aromatic N) is 2. The third-order valence-electron chi connectivity index (χ3n) is 3.81. The molecule has 0 aliphatic heterocycles. The fourth-order valence-corrected chi connectivity index (χ4v) is 5.00. The zero-order chi connectivity index (χ0) is 21.4. The number of ether oxygens (including phenoxy) is 1. The smallest absolute Gasteiger partial charge is 0.414 e. The van der Waals surface area contributed by atoms with Gasteiger partial charge in [0.25, 0.3) is 0 Å². The Labute approximate surface area is 267 Å². The van der Waals surface area contributed by atoms with Crippen LogP contribution in [-0.4, -0.2) is 138 Å². The maximum absolute atomic E-state index is 14.1. The van der Waals surface area contributed by atoms with Crippen LogP contribution in [0.1, 0.15) is 0 Å². The molecule has 156 valence electrons. The number of methoxy groups -OCH3 is 1. The molecule has 0 bridgehead atoms. The number of halogens is 2. The Bertz CT molecular complexity index is 1220. The predicted octanol–water partition coefficient (Wildman–Crippen LogP) is 1.95. The summed E-state index contributed by atoms with van der Waals surface area (Å²) in [6.07, 6.45) is 1.37. The number of sulfonamides is 1. The average molecular weight is 540 g/mol. The Balaban J connectivity index is 0.00000240. The topological polar surface area (TPSA) is 131 Å². The van der Waals surface area contributed by atoms with Gasteiger partial charge in [-0.05, 0) is 42.5 Å². The molecular weight excluding hydrogens is 526 g/mol. The van der Waals surface area contributed by atoms with Crippen LogP contribution in [0.3, 0.4) is 0 Å². The van der Waals surface area contributed by atoms with Gasteiger partial charge in [-0.3, -0.25) is 4.57 Å². The van der Waals surface area contributed by atoms with Crippen LogP contribution >= 0.6 is 19.3 Å². The zero-order valence-corrected chi connectivity index (χ0v) is 25.4. The monoisotopic (exact) mass is 539 g/mol. The number of hydrogen-bond acceptors (Lipinski definition) is 5. The first kappa shape index (κ1) is 30.0. The first-order valence-electron chi connectivity index (χ1n) is 7.78. The minimum Gasteiger partial charge on any atom is -0.494 e. The van der Waals surface area contributed by atoms with Gasteiger partial charge in [-0.2, -0.15) is 0 Å². The van der Waals surface area contributed by atoms with E-state index in [1.54, 1.807) is 6.07 Å². The van der Waals surface area contributed by atoms with Crippen LogP contribution < -0.4 is 9.23 Å². The van der Waals surface area contributed by atoms with Gasteiger partial charge < -0.3 is 14.5 Å². The number of benzene rings is 2. The van der Waals surface area contributed by atoms with E-state index in [0.717, 1.165) is 12.1 Å². The van der Waals surface area contributed by atoms with Crippen LogP contribution in [0.25, 0.3) is 16.9 Å². The van der Waals surface area contributed by atoms with E-state index in [1.165, 1.54) is 46.8 Å². The summed E-state index contributed by atoms with van der Waals surface area (Å²) in [7, 11) is -8.07. The second kappa shape index (κ2) is 12.1. The van der Waals surface area contributed by atoms with Gasteiger partial charge in [-0.25, -0.2) is 22.4 Å². The third kappa shape index (κ3) is 7.49. The standard InChI is InChI=1S/C16H14ClFN3O6PS.2K/c1-27-14-7-2-10(8-13(14)18)15-16(17)19-9-21(15)11-3-5-12(6-4-11)29(25,26)20-28(22,23)24;;/h2-9H,1H3,(H3,20,22,23,24);;. The van der Waals surface area contributed by atoms with E-state index < -0.39 is 23.6 Å². The van der Waals surface area contributed by atoms with Crippen molar-refractivity contribution in [1.29, 1.82) is 0 Å². The molecule has 1 heterocycles. The molecular formula is C16H14ClFK2N3O6PS. The summed E-state index contributed by atoms with van der Waals surface area (Å²) in [4.78, 5) is 21.3. The minimum absolute atomic E-state index is 0. The molecule has 0 amide bonds. The molecule has 0 spiro atoms. The quantitative estimate of drug-likeness (QED) is 0.322. The van der Waals surface area contributed by atoms with Crippen molar-refractivity contribution in [1.82, 2.24) is 14.0 Å². The van der Waals surface area contributed by atoms with Crippen LogP contribution in [-0.2, 0) is 14.6 Å². The first-order chi connectivity index (χ1) is 13.5. The molecule has 3 N–H and O–H groups in total. The molecule has 2 radical (unpaired) electrons. The van der Waals surface area contributed by atoms with Crippen LogP contribution in [0.4, 0.5) is 4.39 Å². The summed E-state index contributed by atoms with van der Waals surface area (Å²) in [6, 6.07) is 9.32. The molecule has 3 aromatic rings. The van der Waals surface area contributed by atoms with Gasteiger partial charge in [0.2, 0.25) is 10.0 Å². The van der Waals surface area contributed by atoms with Crippen molar-refractivity contribution in [3.63, 3.8) is 0 Å². The Morgan fingerprint density at radius 1 is 1.16 bits per heavy atom.